The summed E-state index contributed by atoms with van der Waals surface area (Å²) in [6.07, 6.45) is 1.75. The first-order valence-corrected chi connectivity index (χ1v) is 7.54. The van der Waals surface area contributed by atoms with E-state index < -0.39 is 0 Å². The first kappa shape index (κ1) is 14.3. The lowest BCUT2D eigenvalue weighted by molar-refractivity contribution is 0.416. The molecule has 0 saturated carbocycles. The number of phenolic OH excluding ortho intramolecular Hbond substituents is 1. The van der Waals surface area contributed by atoms with Crippen LogP contribution in [0.4, 0.5) is 0 Å². The predicted molar refractivity (Wildman–Crippen MR) is 92.1 cm³/mol. The van der Waals surface area contributed by atoms with E-state index in [4.69, 9.17) is 9.84 Å². The van der Waals surface area contributed by atoms with Crippen molar-refractivity contribution in [2.75, 3.05) is 7.11 Å². The molecule has 0 radical (unpaired) electrons. The van der Waals surface area contributed by atoms with Crippen LogP contribution >= 0.6 is 0 Å². The van der Waals surface area contributed by atoms with Crippen molar-refractivity contribution in [2.24, 2.45) is 0 Å². The molecular formula is C19H15N3O2. The molecule has 0 atom stereocenters. The summed E-state index contributed by atoms with van der Waals surface area (Å²) in [5.74, 6) is 0.978. The first-order valence-electron chi connectivity index (χ1n) is 7.54. The van der Waals surface area contributed by atoms with Crippen molar-refractivity contribution in [1.29, 1.82) is 0 Å². The number of phenols is 1. The Morgan fingerprint density at radius 1 is 1.00 bits per heavy atom. The van der Waals surface area contributed by atoms with Crippen molar-refractivity contribution in [2.45, 2.75) is 0 Å². The molecule has 0 unspecified atom stereocenters. The molecule has 0 spiro atoms. The zero-order chi connectivity index (χ0) is 16.5. The number of hydrogen-bond acceptors (Lipinski definition) is 4. The summed E-state index contributed by atoms with van der Waals surface area (Å²) in [6.45, 7) is 0. The van der Waals surface area contributed by atoms with Gasteiger partial charge < -0.3 is 9.84 Å². The number of aromatic hydroxyl groups is 1. The standard InChI is InChI=1S/C19H15N3O2/c1-24-18-8-3-2-7-15(18)16-9-10-19-20-12-17(22(19)21-16)13-5-4-6-14(23)11-13/h2-12,23H,1H3. The third-order valence-corrected chi connectivity index (χ3v) is 3.89. The maximum absolute atomic E-state index is 9.72. The number of rotatable bonds is 3. The van der Waals surface area contributed by atoms with E-state index in [0.717, 1.165) is 33.9 Å². The molecule has 0 saturated heterocycles. The summed E-state index contributed by atoms with van der Waals surface area (Å²) >= 11 is 0. The van der Waals surface area contributed by atoms with E-state index in [2.05, 4.69) is 4.98 Å². The monoisotopic (exact) mass is 317 g/mol. The summed E-state index contributed by atoms with van der Waals surface area (Å²) in [4.78, 5) is 4.39. The Hall–Kier alpha value is -3.34. The highest BCUT2D eigenvalue weighted by molar-refractivity contribution is 5.70. The number of imidazole rings is 1. The molecule has 0 fully saturated rings. The van der Waals surface area contributed by atoms with Crippen LogP contribution in [0, 0.1) is 0 Å². The Bertz CT molecular complexity index is 1020. The lowest BCUT2D eigenvalue weighted by atomic mass is 10.1. The van der Waals surface area contributed by atoms with E-state index in [9.17, 15) is 5.11 Å². The first-order chi connectivity index (χ1) is 11.8. The fourth-order valence-electron chi connectivity index (χ4n) is 2.74. The van der Waals surface area contributed by atoms with Crippen LogP contribution in [-0.4, -0.2) is 26.8 Å². The molecule has 24 heavy (non-hydrogen) atoms. The third kappa shape index (κ3) is 2.36. The molecular weight excluding hydrogens is 302 g/mol. The van der Waals surface area contributed by atoms with Crippen LogP contribution in [0.3, 0.4) is 0 Å². The summed E-state index contributed by atoms with van der Waals surface area (Å²) in [5.41, 5.74) is 4.12. The molecule has 4 aromatic rings. The number of para-hydroxylation sites is 1. The van der Waals surface area contributed by atoms with Gasteiger partial charge in [-0.1, -0.05) is 24.3 Å². The van der Waals surface area contributed by atoms with Gasteiger partial charge in [-0.05, 0) is 36.4 Å². The number of fused-ring (bicyclic) bond motifs is 1. The van der Waals surface area contributed by atoms with Crippen molar-refractivity contribution < 1.29 is 9.84 Å². The van der Waals surface area contributed by atoms with Gasteiger partial charge in [0.25, 0.3) is 0 Å². The fraction of sp³-hybridized carbons (Fsp3) is 0.0526. The Labute approximate surface area is 138 Å². The minimum Gasteiger partial charge on any atom is -0.508 e. The number of hydrogen-bond donors (Lipinski definition) is 1. The zero-order valence-corrected chi connectivity index (χ0v) is 13.0. The molecule has 0 aliphatic carbocycles. The normalized spacial score (nSPS) is 10.9. The van der Waals surface area contributed by atoms with Gasteiger partial charge in [0.15, 0.2) is 5.65 Å². The average molecular weight is 317 g/mol. The van der Waals surface area contributed by atoms with Gasteiger partial charge in [0.2, 0.25) is 0 Å². The van der Waals surface area contributed by atoms with E-state index in [0.29, 0.717) is 0 Å². The van der Waals surface area contributed by atoms with Crippen LogP contribution in [0.25, 0.3) is 28.2 Å². The lowest BCUT2D eigenvalue weighted by Gasteiger charge is -2.08. The number of aromatic nitrogens is 3. The molecule has 0 aliphatic heterocycles. The predicted octanol–water partition coefficient (Wildman–Crippen LogP) is 3.78. The van der Waals surface area contributed by atoms with Crippen LogP contribution < -0.4 is 4.74 Å². The highest BCUT2D eigenvalue weighted by Crippen LogP contribution is 2.29. The van der Waals surface area contributed by atoms with Gasteiger partial charge in [-0.15, -0.1) is 0 Å². The minimum atomic E-state index is 0.211. The number of methoxy groups -OCH3 is 1. The highest BCUT2D eigenvalue weighted by atomic mass is 16.5. The molecule has 2 aromatic carbocycles. The van der Waals surface area contributed by atoms with Crippen LogP contribution in [0.5, 0.6) is 11.5 Å². The fourth-order valence-corrected chi connectivity index (χ4v) is 2.74. The van der Waals surface area contributed by atoms with Crippen molar-refractivity contribution >= 4 is 5.65 Å². The Balaban J connectivity index is 1.90. The van der Waals surface area contributed by atoms with Crippen LogP contribution in [0.2, 0.25) is 0 Å². The summed E-state index contributed by atoms with van der Waals surface area (Å²) in [7, 11) is 1.65. The molecule has 1 N–H and O–H groups in total. The Morgan fingerprint density at radius 2 is 1.88 bits per heavy atom. The van der Waals surface area contributed by atoms with Gasteiger partial charge in [-0.3, -0.25) is 0 Å². The summed E-state index contributed by atoms with van der Waals surface area (Å²) < 4.78 is 7.20. The van der Waals surface area contributed by atoms with Crippen molar-refractivity contribution in [1.82, 2.24) is 14.6 Å². The molecule has 0 amide bonds. The topological polar surface area (TPSA) is 59.7 Å². The number of nitrogens with zero attached hydrogens (tertiary/aromatic N) is 3. The molecule has 0 aliphatic rings. The highest BCUT2D eigenvalue weighted by Gasteiger charge is 2.11. The molecule has 4 rings (SSSR count). The smallest absolute Gasteiger partial charge is 0.154 e. The second-order valence-electron chi connectivity index (χ2n) is 5.38. The van der Waals surface area contributed by atoms with Crippen molar-refractivity contribution in [3.63, 3.8) is 0 Å². The maximum Gasteiger partial charge on any atom is 0.154 e. The third-order valence-electron chi connectivity index (χ3n) is 3.89. The van der Waals surface area contributed by atoms with Gasteiger partial charge in [0.1, 0.15) is 11.5 Å². The molecule has 5 heteroatoms. The van der Waals surface area contributed by atoms with Gasteiger partial charge in [-0.25, -0.2) is 9.50 Å². The van der Waals surface area contributed by atoms with Gasteiger partial charge in [-0.2, -0.15) is 5.10 Å². The Kier molecular flexibility index (Phi) is 3.39. The Morgan fingerprint density at radius 3 is 2.71 bits per heavy atom. The molecule has 118 valence electrons. The van der Waals surface area contributed by atoms with E-state index in [-0.39, 0.29) is 5.75 Å². The SMILES string of the molecule is COc1ccccc1-c1ccc2ncc(-c3cccc(O)c3)n2n1. The van der Waals surface area contributed by atoms with E-state index in [1.165, 1.54) is 0 Å². The molecule has 5 nitrogen and oxygen atoms in total. The maximum atomic E-state index is 9.72. The second-order valence-corrected chi connectivity index (χ2v) is 5.38. The largest absolute Gasteiger partial charge is 0.508 e. The van der Waals surface area contributed by atoms with Gasteiger partial charge in [0, 0.05) is 11.1 Å². The van der Waals surface area contributed by atoms with E-state index in [1.54, 1.807) is 36.0 Å². The van der Waals surface area contributed by atoms with E-state index >= 15 is 0 Å². The number of ether oxygens (including phenoxy) is 1. The lowest BCUT2D eigenvalue weighted by Crippen LogP contribution is -1.98. The van der Waals surface area contributed by atoms with Gasteiger partial charge >= 0.3 is 0 Å². The number of benzene rings is 2. The van der Waals surface area contributed by atoms with Gasteiger partial charge in [0.05, 0.1) is 24.7 Å². The van der Waals surface area contributed by atoms with E-state index in [1.807, 2.05) is 42.5 Å². The minimum absolute atomic E-state index is 0.211. The second kappa shape index (κ2) is 5.70. The van der Waals surface area contributed by atoms with Crippen molar-refractivity contribution in [3.05, 3.63) is 66.9 Å². The van der Waals surface area contributed by atoms with Crippen LogP contribution in [-0.2, 0) is 0 Å². The molecule has 2 aromatic heterocycles. The zero-order valence-electron chi connectivity index (χ0n) is 13.0. The summed E-state index contributed by atoms with van der Waals surface area (Å²) in [5, 5.41) is 14.4. The molecule has 0 bridgehead atoms. The van der Waals surface area contributed by atoms with Crippen molar-refractivity contribution in [3.8, 4) is 34.0 Å². The van der Waals surface area contributed by atoms with Crippen LogP contribution in [0.15, 0.2) is 66.9 Å². The summed E-state index contributed by atoms with van der Waals surface area (Å²) in [6, 6.07) is 18.6. The average Bonchev–Trinajstić information content (AvgIpc) is 3.05. The quantitative estimate of drug-likeness (QED) is 0.625. The molecule has 2 heterocycles. The van der Waals surface area contributed by atoms with Crippen LogP contribution in [0.1, 0.15) is 0 Å².